The van der Waals surface area contributed by atoms with Crippen LogP contribution in [0, 0.1) is 0 Å². The summed E-state index contributed by atoms with van der Waals surface area (Å²) in [7, 11) is 3.34. The van der Waals surface area contributed by atoms with Crippen LogP contribution in [0.2, 0.25) is 0 Å². The van der Waals surface area contributed by atoms with Crippen LogP contribution < -0.4 is 10.5 Å². The monoisotopic (exact) mass is 273 g/mol. The molecule has 0 aliphatic heterocycles. The largest absolute Gasteiger partial charge is 0.496 e. The molecule has 1 rings (SSSR count). The maximum atomic E-state index is 5.55. The first-order chi connectivity index (χ1) is 7.22. The molecular weight excluding hydrogens is 258 g/mol. The Kier molecular flexibility index (Phi) is 5.08. The molecule has 0 saturated heterocycles. The minimum absolute atomic E-state index is 0.585. The van der Waals surface area contributed by atoms with Crippen LogP contribution in [0.3, 0.4) is 0 Å². The Bertz CT molecular complexity index is 329. The van der Waals surface area contributed by atoms with E-state index < -0.39 is 0 Å². The minimum Gasteiger partial charge on any atom is -0.496 e. The van der Waals surface area contributed by atoms with Gasteiger partial charge >= 0.3 is 0 Å². The van der Waals surface area contributed by atoms with Gasteiger partial charge in [0.25, 0.3) is 0 Å². The number of methoxy groups -OCH3 is 2. The van der Waals surface area contributed by atoms with E-state index in [0.29, 0.717) is 13.2 Å². The molecule has 0 spiro atoms. The molecule has 1 aromatic carbocycles. The fourth-order valence-electron chi connectivity index (χ4n) is 1.46. The topological polar surface area (TPSA) is 44.5 Å². The summed E-state index contributed by atoms with van der Waals surface area (Å²) in [5.41, 5.74) is 7.78. The van der Waals surface area contributed by atoms with Crippen LogP contribution in [-0.2, 0) is 17.8 Å². The number of ether oxygens (including phenoxy) is 2. The molecule has 1 aromatic rings. The summed E-state index contributed by atoms with van der Waals surface area (Å²) in [5, 5.41) is 0. The molecule has 15 heavy (non-hydrogen) atoms. The van der Waals surface area contributed by atoms with Crippen molar-refractivity contribution in [2.45, 2.75) is 13.0 Å². The van der Waals surface area contributed by atoms with E-state index in [1.807, 2.05) is 6.07 Å². The van der Waals surface area contributed by atoms with Crippen molar-refractivity contribution in [3.05, 3.63) is 27.7 Å². The normalized spacial score (nSPS) is 10.4. The molecule has 4 heteroatoms. The second-order valence-electron chi connectivity index (χ2n) is 3.23. The molecule has 0 amide bonds. The Labute approximate surface area is 98.7 Å². The maximum absolute atomic E-state index is 5.55. The number of nitrogens with two attached hydrogens (primary N) is 1. The van der Waals surface area contributed by atoms with Crippen LogP contribution in [0.15, 0.2) is 16.6 Å². The first-order valence-corrected chi connectivity index (χ1v) is 5.56. The first kappa shape index (κ1) is 12.5. The summed E-state index contributed by atoms with van der Waals surface area (Å²) in [4.78, 5) is 0. The van der Waals surface area contributed by atoms with Gasteiger partial charge in [-0.2, -0.15) is 0 Å². The molecular formula is C11H16BrNO2. The molecule has 0 atom stereocenters. The Morgan fingerprint density at radius 2 is 2.00 bits per heavy atom. The van der Waals surface area contributed by atoms with Crippen molar-refractivity contribution in [3.8, 4) is 5.75 Å². The van der Waals surface area contributed by atoms with Crippen LogP contribution in [0.1, 0.15) is 11.1 Å². The standard InChI is InChI=1S/C11H16BrNO2/c1-14-7-9-5-8(3-4-13)11(15-2)6-10(9)12/h5-6H,3-4,7,13H2,1-2H3. The van der Waals surface area contributed by atoms with E-state index in [1.165, 1.54) is 0 Å². The molecule has 0 bridgehead atoms. The molecule has 0 fully saturated rings. The molecule has 0 aliphatic carbocycles. The van der Waals surface area contributed by atoms with Gasteiger partial charge in [0.2, 0.25) is 0 Å². The number of rotatable bonds is 5. The highest BCUT2D eigenvalue weighted by Crippen LogP contribution is 2.28. The third kappa shape index (κ3) is 3.19. The third-order valence-corrected chi connectivity index (χ3v) is 2.90. The lowest BCUT2D eigenvalue weighted by Gasteiger charge is -2.11. The minimum atomic E-state index is 0.585. The van der Waals surface area contributed by atoms with Gasteiger partial charge in [-0.25, -0.2) is 0 Å². The predicted octanol–water partition coefficient (Wildman–Crippen LogP) is 2.11. The highest BCUT2D eigenvalue weighted by molar-refractivity contribution is 9.10. The van der Waals surface area contributed by atoms with Crippen molar-refractivity contribution < 1.29 is 9.47 Å². The maximum Gasteiger partial charge on any atom is 0.123 e. The van der Waals surface area contributed by atoms with Gasteiger partial charge in [-0.1, -0.05) is 15.9 Å². The Morgan fingerprint density at radius 3 is 2.53 bits per heavy atom. The van der Waals surface area contributed by atoms with Gasteiger partial charge in [0, 0.05) is 11.6 Å². The zero-order valence-electron chi connectivity index (χ0n) is 9.05. The van der Waals surface area contributed by atoms with Crippen molar-refractivity contribution in [1.29, 1.82) is 0 Å². The van der Waals surface area contributed by atoms with Crippen LogP contribution in [0.25, 0.3) is 0 Å². The van der Waals surface area contributed by atoms with Gasteiger partial charge in [0.15, 0.2) is 0 Å². The van der Waals surface area contributed by atoms with E-state index in [0.717, 1.165) is 27.8 Å². The summed E-state index contributed by atoms with van der Waals surface area (Å²) in [6.07, 6.45) is 0.813. The number of hydrogen-bond acceptors (Lipinski definition) is 3. The average Bonchev–Trinajstić information content (AvgIpc) is 2.23. The van der Waals surface area contributed by atoms with Crippen LogP contribution in [0.5, 0.6) is 5.75 Å². The summed E-state index contributed by atoms with van der Waals surface area (Å²) in [6, 6.07) is 4.03. The van der Waals surface area contributed by atoms with E-state index in [2.05, 4.69) is 22.0 Å². The molecule has 84 valence electrons. The van der Waals surface area contributed by atoms with E-state index in [4.69, 9.17) is 15.2 Å². The van der Waals surface area contributed by atoms with E-state index in [9.17, 15) is 0 Å². The zero-order valence-corrected chi connectivity index (χ0v) is 10.6. The molecule has 2 N–H and O–H groups in total. The zero-order chi connectivity index (χ0) is 11.3. The lowest BCUT2D eigenvalue weighted by atomic mass is 10.1. The molecule has 0 aromatic heterocycles. The van der Waals surface area contributed by atoms with E-state index in [-0.39, 0.29) is 0 Å². The summed E-state index contributed by atoms with van der Waals surface area (Å²) in [6.45, 7) is 1.20. The van der Waals surface area contributed by atoms with Crippen LogP contribution in [0.4, 0.5) is 0 Å². The van der Waals surface area contributed by atoms with Crippen molar-refractivity contribution >= 4 is 15.9 Å². The lowest BCUT2D eigenvalue weighted by molar-refractivity contribution is 0.184. The average molecular weight is 274 g/mol. The molecule has 0 aliphatic rings. The van der Waals surface area contributed by atoms with Crippen LogP contribution >= 0.6 is 15.9 Å². The Morgan fingerprint density at radius 1 is 1.27 bits per heavy atom. The van der Waals surface area contributed by atoms with E-state index in [1.54, 1.807) is 14.2 Å². The number of benzene rings is 1. The number of halogens is 1. The van der Waals surface area contributed by atoms with Gasteiger partial charge < -0.3 is 15.2 Å². The summed E-state index contributed by atoms with van der Waals surface area (Å²) in [5.74, 6) is 0.868. The Balaban J connectivity index is 3.05. The van der Waals surface area contributed by atoms with Crippen molar-refractivity contribution in [2.75, 3.05) is 20.8 Å². The molecule has 0 saturated carbocycles. The van der Waals surface area contributed by atoms with Crippen molar-refractivity contribution in [2.24, 2.45) is 5.73 Å². The SMILES string of the molecule is COCc1cc(CCN)c(OC)cc1Br. The van der Waals surface area contributed by atoms with Crippen molar-refractivity contribution in [3.63, 3.8) is 0 Å². The quantitative estimate of drug-likeness (QED) is 0.894. The predicted molar refractivity (Wildman–Crippen MR) is 64.2 cm³/mol. The first-order valence-electron chi connectivity index (χ1n) is 4.77. The second kappa shape index (κ2) is 6.10. The molecule has 3 nitrogen and oxygen atoms in total. The van der Waals surface area contributed by atoms with Gasteiger partial charge in [-0.3, -0.25) is 0 Å². The van der Waals surface area contributed by atoms with Gasteiger partial charge in [0.1, 0.15) is 5.75 Å². The van der Waals surface area contributed by atoms with Crippen LogP contribution in [-0.4, -0.2) is 20.8 Å². The van der Waals surface area contributed by atoms with E-state index >= 15 is 0 Å². The second-order valence-corrected chi connectivity index (χ2v) is 4.08. The third-order valence-electron chi connectivity index (χ3n) is 2.16. The fourth-order valence-corrected chi connectivity index (χ4v) is 1.89. The molecule has 0 unspecified atom stereocenters. The molecule has 0 heterocycles. The summed E-state index contributed by atoms with van der Waals surface area (Å²) < 4.78 is 11.4. The summed E-state index contributed by atoms with van der Waals surface area (Å²) >= 11 is 3.48. The fraction of sp³-hybridized carbons (Fsp3) is 0.455. The lowest BCUT2D eigenvalue weighted by Crippen LogP contribution is -2.05. The van der Waals surface area contributed by atoms with Gasteiger partial charge in [-0.15, -0.1) is 0 Å². The molecule has 0 radical (unpaired) electrons. The Hall–Kier alpha value is -0.580. The smallest absolute Gasteiger partial charge is 0.123 e. The highest BCUT2D eigenvalue weighted by Gasteiger charge is 2.08. The highest BCUT2D eigenvalue weighted by atomic mass is 79.9. The van der Waals surface area contributed by atoms with Gasteiger partial charge in [-0.05, 0) is 36.2 Å². The van der Waals surface area contributed by atoms with Crippen molar-refractivity contribution in [1.82, 2.24) is 0 Å². The van der Waals surface area contributed by atoms with Gasteiger partial charge in [0.05, 0.1) is 13.7 Å². The number of hydrogen-bond donors (Lipinski definition) is 1.